The van der Waals surface area contributed by atoms with Crippen LogP contribution in [-0.4, -0.2) is 29.0 Å². The maximum atomic E-state index is 13.1. The van der Waals surface area contributed by atoms with E-state index in [2.05, 4.69) is 125 Å². The summed E-state index contributed by atoms with van der Waals surface area (Å²) in [6.07, 6.45) is 3.26. The van der Waals surface area contributed by atoms with Crippen molar-refractivity contribution < 1.29 is 18.7 Å². The highest BCUT2D eigenvalue weighted by molar-refractivity contribution is 9.10. The molecule has 3 aliphatic carbocycles. The molecule has 0 saturated heterocycles. The molecule has 19 unspecified atom stereocenters. The van der Waals surface area contributed by atoms with Gasteiger partial charge in [-0.15, -0.1) is 80.4 Å². The molecular formula is C14H43O4P21. The summed E-state index contributed by atoms with van der Waals surface area (Å²) < 4.78 is 21.4. The third-order valence-electron chi connectivity index (χ3n) is 7.97. The molecule has 0 aromatic heterocycles. The van der Waals surface area contributed by atoms with Crippen LogP contribution in [0.15, 0.2) is 11.6 Å². The molecule has 0 radical (unpaired) electrons. The topological polar surface area (TPSA) is 47.9 Å². The van der Waals surface area contributed by atoms with Crippen LogP contribution < -0.4 is 0 Å². The number of allylic oxidation sites excluding steroid dienone is 1. The van der Waals surface area contributed by atoms with E-state index in [9.17, 15) is 5.11 Å². The first-order valence-corrected chi connectivity index (χ1v) is 47.2. The molecule has 23 atom stereocenters. The third-order valence-corrected chi connectivity index (χ3v) is 96.2. The highest BCUT2D eigenvalue weighted by Crippen LogP contribution is 3.10. The molecule has 0 aromatic carbocycles. The largest absolute Gasteiger partial charge is 0.386 e. The SMILES string of the molecule is CC1=CCC2[C@@H](OPP)[C@]3(O)C[C@@H](OP(P(P)P)P(P)P(P)P)[C@H](OP(P(P)P)P(PP)P(P)P)C13C2(C)C. The van der Waals surface area contributed by atoms with Gasteiger partial charge in [-0.05, 0) is 52.6 Å². The molecule has 228 valence electrons. The van der Waals surface area contributed by atoms with Crippen LogP contribution in [-0.2, 0) is 13.6 Å². The fraction of sp³-hybridized carbons (Fsp3) is 0.857. The van der Waals surface area contributed by atoms with E-state index >= 15 is 0 Å². The molecule has 2 fully saturated rings. The number of aliphatic hydroxyl groups is 1. The summed E-state index contributed by atoms with van der Waals surface area (Å²) in [5.74, 6) is 0.240. The van der Waals surface area contributed by atoms with E-state index in [4.69, 9.17) is 13.6 Å². The molecule has 0 amide bonds. The fourth-order valence-electron chi connectivity index (χ4n) is 6.74. The Balaban J connectivity index is 2.23. The second-order valence-electron chi connectivity index (χ2n) is 9.98. The Morgan fingerprint density at radius 3 is 1.92 bits per heavy atom. The summed E-state index contributed by atoms with van der Waals surface area (Å²) in [5.41, 5.74) is -0.526. The Morgan fingerprint density at radius 2 is 1.46 bits per heavy atom. The van der Waals surface area contributed by atoms with Gasteiger partial charge in [-0.3, -0.25) is 0 Å². The maximum Gasteiger partial charge on any atom is 0.106 e. The highest BCUT2D eigenvalue weighted by atomic mass is 33.1. The van der Waals surface area contributed by atoms with Crippen molar-refractivity contribution in [2.45, 2.75) is 57.5 Å². The zero-order valence-corrected chi connectivity index (χ0v) is 43.8. The van der Waals surface area contributed by atoms with Crippen LogP contribution in [0.4, 0.5) is 0 Å². The molecule has 3 rings (SSSR count). The van der Waals surface area contributed by atoms with Gasteiger partial charge >= 0.3 is 0 Å². The molecule has 3 aliphatic rings. The number of hydrogen-bond acceptors (Lipinski definition) is 4. The molecule has 25 heteroatoms. The van der Waals surface area contributed by atoms with Crippen LogP contribution in [0.3, 0.4) is 0 Å². The number of fused-ring (bicyclic) bond motifs is 1. The Kier molecular flexibility index (Phi) is 19.3. The lowest BCUT2D eigenvalue weighted by molar-refractivity contribution is -0.117. The minimum atomic E-state index is -1.04. The molecular weight excluding hydrogens is 883 g/mol. The standard InChI is InChI=1S/C14H43O4P21/c1-7-4-5-8-10(16-30-19)13(15)6-9(17-32(34(21)22)38(29)36(25)26)11(14(7,13)12(8,2)3)18-33(35(23)24)39(31-20)37(27)28/h4,8-11,15,30-31H,5-6,19-29H2,1-3H3/t8?,9-,10-,11+,13-,14?,32?,33?,38?,39?/m1/s1. The Hall–Kier alpha value is 8.61. The molecule has 0 heterocycles. The molecule has 39 heavy (non-hydrogen) atoms. The summed E-state index contributed by atoms with van der Waals surface area (Å²) in [4.78, 5) is 0. The average molecular weight is 926 g/mol. The third kappa shape index (κ3) is 8.32. The quantitative estimate of drug-likeness (QED) is 0.148. The van der Waals surface area contributed by atoms with Gasteiger partial charge in [0.05, 0.1) is 32.7 Å². The highest BCUT2D eigenvalue weighted by Gasteiger charge is 2.82. The first kappa shape index (κ1) is 42.0. The molecule has 0 aromatic rings. The summed E-state index contributed by atoms with van der Waals surface area (Å²) in [7, 11) is 33.0. The average Bonchev–Trinajstić information content (AvgIpc) is 3.11. The lowest BCUT2D eigenvalue weighted by Crippen LogP contribution is -2.57. The number of hydrogen-bond donors (Lipinski definition) is 1. The second kappa shape index (κ2) is 17.9. The summed E-state index contributed by atoms with van der Waals surface area (Å²) >= 11 is 0. The van der Waals surface area contributed by atoms with E-state index in [1.165, 1.54) is 5.57 Å². The fourth-order valence-corrected chi connectivity index (χ4v) is 118. The van der Waals surface area contributed by atoms with Crippen molar-refractivity contribution in [1.29, 1.82) is 0 Å². The normalized spacial score (nSPS) is 37.6. The molecule has 1 N–H and O–H groups in total. The first-order valence-electron chi connectivity index (χ1n) is 11.5. The minimum absolute atomic E-state index is 0.178. The van der Waals surface area contributed by atoms with Crippen LogP contribution in [0.25, 0.3) is 0 Å². The molecule has 0 aliphatic heterocycles. The molecule has 2 bridgehead atoms. The van der Waals surface area contributed by atoms with Gasteiger partial charge in [0.2, 0.25) is 0 Å². The van der Waals surface area contributed by atoms with Crippen LogP contribution in [0.2, 0.25) is 0 Å². The van der Waals surface area contributed by atoms with Gasteiger partial charge in [0.15, 0.2) is 0 Å². The Labute approximate surface area is 274 Å². The molecule has 4 nitrogen and oxygen atoms in total. The van der Waals surface area contributed by atoms with Gasteiger partial charge in [-0.2, -0.15) is 0 Å². The van der Waals surface area contributed by atoms with Gasteiger partial charge in [0.1, 0.15) is 11.7 Å². The van der Waals surface area contributed by atoms with Crippen LogP contribution in [0.5, 0.6) is 0 Å². The zero-order chi connectivity index (χ0) is 29.7. The zero-order valence-electron chi connectivity index (χ0n) is 21.9. The summed E-state index contributed by atoms with van der Waals surface area (Å²) in [6, 6.07) is 0. The Bertz CT molecular complexity index is 878. The van der Waals surface area contributed by atoms with Gasteiger partial charge in [0.25, 0.3) is 0 Å². The minimum Gasteiger partial charge on any atom is -0.386 e. The van der Waals surface area contributed by atoms with Crippen LogP contribution in [0, 0.1) is 16.7 Å². The Morgan fingerprint density at radius 1 is 0.872 bits per heavy atom. The van der Waals surface area contributed by atoms with E-state index in [0.717, 1.165) is 14.4 Å². The van der Waals surface area contributed by atoms with E-state index in [1.54, 1.807) is 0 Å². The molecule has 1 spiro atoms. The summed E-state index contributed by atoms with van der Waals surface area (Å²) in [5, 5.41) is 13.1. The predicted molar refractivity (Wildman–Crippen MR) is 241 cm³/mol. The van der Waals surface area contributed by atoms with Gasteiger partial charge in [-0.25, -0.2) is 0 Å². The van der Waals surface area contributed by atoms with Crippen molar-refractivity contribution in [2.75, 3.05) is 0 Å². The smallest absolute Gasteiger partial charge is 0.106 e. The lowest BCUT2D eigenvalue weighted by atomic mass is 9.54. The lowest BCUT2D eigenvalue weighted by Gasteiger charge is -2.53. The van der Waals surface area contributed by atoms with Gasteiger partial charge < -0.3 is 18.7 Å². The van der Waals surface area contributed by atoms with Crippen LogP contribution in [0.1, 0.15) is 33.6 Å². The van der Waals surface area contributed by atoms with E-state index in [0.29, 0.717) is 6.42 Å². The summed E-state index contributed by atoms with van der Waals surface area (Å²) in [6.45, 7) is 4.83. The predicted octanol–water partition coefficient (Wildman–Crippen LogP) is 13.3. The number of rotatable bonds is 13. The van der Waals surface area contributed by atoms with Gasteiger partial charge in [0, 0.05) is 28.9 Å². The van der Waals surface area contributed by atoms with Crippen LogP contribution >= 0.6 is 172 Å². The monoisotopic (exact) mass is 926 g/mol. The van der Waals surface area contributed by atoms with Gasteiger partial charge in [-0.1, -0.05) is 51.3 Å². The van der Waals surface area contributed by atoms with Crippen molar-refractivity contribution in [2.24, 2.45) is 16.7 Å². The van der Waals surface area contributed by atoms with E-state index in [1.807, 2.05) is 0 Å². The van der Waals surface area contributed by atoms with E-state index in [-0.39, 0.29) is 66.1 Å². The van der Waals surface area contributed by atoms with Crippen molar-refractivity contribution in [1.82, 2.24) is 0 Å². The van der Waals surface area contributed by atoms with Crippen molar-refractivity contribution in [3.63, 3.8) is 0 Å². The van der Waals surface area contributed by atoms with E-state index < -0.39 is 40.0 Å². The molecule has 2 saturated carbocycles. The van der Waals surface area contributed by atoms with Crippen molar-refractivity contribution in [3.05, 3.63) is 11.6 Å². The first-order chi connectivity index (χ1) is 18.0. The second-order valence-corrected chi connectivity index (χ2v) is 77.6. The van der Waals surface area contributed by atoms with Crippen molar-refractivity contribution >= 4 is 172 Å². The van der Waals surface area contributed by atoms with Crippen molar-refractivity contribution in [3.8, 4) is 0 Å². The maximum absolute atomic E-state index is 13.1.